The Morgan fingerprint density at radius 1 is 1.19 bits per heavy atom. The fourth-order valence-corrected chi connectivity index (χ4v) is 3.78. The predicted octanol–water partition coefficient (Wildman–Crippen LogP) is 2.51. The maximum atomic E-state index is 6.61. The molecule has 6 heteroatoms. The highest BCUT2D eigenvalue weighted by Crippen LogP contribution is 2.25. The number of hydrogen-bond acceptors (Lipinski definition) is 5. The Labute approximate surface area is 160 Å². The van der Waals surface area contributed by atoms with Crippen molar-refractivity contribution < 1.29 is 4.74 Å². The number of anilines is 1. The number of benzene rings is 1. The molecule has 2 aromatic rings. The molecular weight excluding hydrogens is 338 g/mol. The Kier molecular flexibility index (Phi) is 5.18. The maximum Gasteiger partial charge on any atom is 0.136 e. The first-order valence-electron chi connectivity index (χ1n) is 9.76. The van der Waals surface area contributed by atoms with Crippen molar-refractivity contribution in [1.29, 1.82) is 0 Å². The number of rotatable bonds is 5. The van der Waals surface area contributed by atoms with Crippen molar-refractivity contribution >= 4 is 11.7 Å². The van der Waals surface area contributed by atoms with Crippen molar-refractivity contribution in [2.24, 2.45) is 10.7 Å². The zero-order valence-corrected chi connectivity index (χ0v) is 16.0. The summed E-state index contributed by atoms with van der Waals surface area (Å²) in [4.78, 5) is 10.3. The van der Waals surface area contributed by atoms with Crippen LogP contribution in [0.1, 0.15) is 29.5 Å². The molecule has 0 bridgehead atoms. The third-order valence-electron chi connectivity index (χ3n) is 5.58. The van der Waals surface area contributed by atoms with Gasteiger partial charge in [0.15, 0.2) is 0 Å². The molecule has 0 amide bonds. The van der Waals surface area contributed by atoms with Gasteiger partial charge in [-0.05, 0) is 37.8 Å². The second-order valence-electron chi connectivity index (χ2n) is 7.72. The van der Waals surface area contributed by atoms with Crippen molar-refractivity contribution in [3.05, 3.63) is 53.2 Å². The molecule has 1 saturated heterocycles. The minimum Gasteiger partial charge on any atom is -0.379 e. The van der Waals surface area contributed by atoms with E-state index in [0.29, 0.717) is 13.3 Å². The lowest BCUT2D eigenvalue weighted by Gasteiger charge is -2.40. The molecule has 0 aliphatic carbocycles. The number of hydrogen-bond donors (Lipinski definition) is 3. The summed E-state index contributed by atoms with van der Waals surface area (Å²) in [6.07, 6.45) is 4.73. The molecule has 1 aromatic carbocycles. The minimum atomic E-state index is -0.238. The number of nitrogens with one attached hydrogen (secondary N) is 2. The monoisotopic (exact) mass is 367 g/mol. The molecule has 6 nitrogen and oxygen atoms in total. The van der Waals surface area contributed by atoms with Gasteiger partial charge in [-0.3, -0.25) is 0 Å². The third-order valence-corrected chi connectivity index (χ3v) is 5.58. The Hall–Kier alpha value is -2.31. The molecule has 0 spiro atoms. The van der Waals surface area contributed by atoms with Crippen LogP contribution < -0.4 is 11.1 Å². The average Bonchev–Trinajstić information content (AvgIpc) is 3.16. The van der Waals surface area contributed by atoms with Crippen LogP contribution in [0.15, 0.2) is 41.5 Å². The van der Waals surface area contributed by atoms with Crippen molar-refractivity contribution in [3.8, 4) is 0 Å². The van der Waals surface area contributed by atoms with Crippen molar-refractivity contribution in [2.75, 3.05) is 38.3 Å². The summed E-state index contributed by atoms with van der Waals surface area (Å²) in [6, 6.07) is 10.7. The van der Waals surface area contributed by atoms with E-state index in [2.05, 4.69) is 57.4 Å². The van der Waals surface area contributed by atoms with Gasteiger partial charge >= 0.3 is 0 Å². The SMILES string of the molecule is Cc1ccc(CCOCC2(N)CCN(C3=NCNc4[nH]ccc43)CC2)cc1. The second kappa shape index (κ2) is 7.74. The highest BCUT2D eigenvalue weighted by molar-refractivity contribution is 6.04. The smallest absolute Gasteiger partial charge is 0.136 e. The zero-order valence-electron chi connectivity index (χ0n) is 16.0. The molecule has 144 valence electrons. The molecule has 0 saturated carbocycles. The standard InChI is InChI=1S/C21H29N5O/c1-16-2-4-17(5-3-16)7-13-27-14-21(22)8-11-26(12-9-21)20-18-6-10-23-19(18)24-15-25-20/h2-6,10,23-24H,7-9,11-15,22H2,1H3. The summed E-state index contributed by atoms with van der Waals surface area (Å²) in [6.45, 7) is 5.90. The van der Waals surface area contributed by atoms with E-state index >= 15 is 0 Å². The minimum absolute atomic E-state index is 0.238. The number of aliphatic imine (C=N–C) groups is 1. The molecular formula is C21H29N5O. The van der Waals surface area contributed by atoms with Gasteiger partial charge in [0.2, 0.25) is 0 Å². The number of ether oxygens (including phenoxy) is 1. The third kappa shape index (κ3) is 4.17. The van der Waals surface area contributed by atoms with Gasteiger partial charge in [-0.25, -0.2) is 4.99 Å². The molecule has 1 aromatic heterocycles. The van der Waals surface area contributed by atoms with E-state index < -0.39 is 0 Å². The van der Waals surface area contributed by atoms with E-state index in [4.69, 9.17) is 10.5 Å². The number of H-pyrrole nitrogens is 1. The first-order chi connectivity index (χ1) is 13.1. The van der Waals surface area contributed by atoms with Crippen LogP contribution in [0, 0.1) is 6.92 Å². The number of likely N-dealkylation sites (tertiary alicyclic amines) is 1. The van der Waals surface area contributed by atoms with E-state index in [1.807, 2.05) is 6.20 Å². The van der Waals surface area contributed by atoms with E-state index in [0.717, 1.165) is 56.2 Å². The van der Waals surface area contributed by atoms with E-state index in [-0.39, 0.29) is 5.54 Å². The maximum absolute atomic E-state index is 6.61. The highest BCUT2D eigenvalue weighted by Gasteiger charge is 2.33. The largest absolute Gasteiger partial charge is 0.379 e. The number of aromatic nitrogens is 1. The normalized spacial score (nSPS) is 18.6. The fraction of sp³-hybridized carbons (Fsp3) is 0.476. The van der Waals surface area contributed by atoms with Crippen molar-refractivity contribution in [3.63, 3.8) is 0 Å². The lowest BCUT2D eigenvalue weighted by atomic mass is 9.89. The molecule has 4 N–H and O–H groups in total. The summed E-state index contributed by atoms with van der Waals surface area (Å²) in [7, 11) is 0. The molecule has 0 radical (unpaired) electrons. The molecule has 1 fully saturated rings. The van der Waals surface area contributed by atoms with Gasteiger partial charge < -0.3 is 25.7 Å². The number of piperidine rings is 1. The first-order valence-corrected chi connectivity index (χ1v) is 9.76. The topological polar surface area (TPSA) is 78.7 Å². The molecule has 2 aliphatic rings. The lowest BCUT2D eigenvalue weighted by Crippen LogP contribution is -2.54. The number of aryl methyl sites for hydroxylation is 1. The Morgan fingerprint density at radius 2 is 1.96 bits per heavy atom. The summed E-state index contributed by atoms with van der Waals surface area (Å²) in [5.41, 5.74) is 10.1. The Bertz CT molecular complexity index is 787. The van der Waals surface area contributed by atoms with Crippen molar-refractivity contribution in [1.82, 2.24) is 9.88 Å². The zero-order chi connectivity index (χ0) is 18.7. The second-order valence-corrected chi connectivity index (χ2v) is 7.72. The van der Waals surface area contributed by atoms with Crippen LogP contribution in [0.25, 0.3) is 0 Å². The van der Waals surface area contributed by atoms with Gasteiger partial charge in [0, 0.05) is 24.8 Å². The molecule has 4 rings (SSSR count). The van der Waals surface area contributed by atoms with Crippen LogP contribution >= 0.6 is 0 Å². The van der Waals surface area contributed by atoms with Crippen LogP contribution in [0.5, 0.6) is 0 Å². The van der Waals surface area contributed by atoms with E-state index in [9.17, 15) is 0 Å². The van der Waals surface area contributed by atoms with Crippen LogP contribution in [-0.2, 0) is 11.2 Å². The van der Waals surface area contributed by atoms with Crippen LogP contribution in [0.3, 0.4) is 0 Å². The first kappa shape index (κ1) is 18.1. The van der Waals surface area contributed by atoms with Gasteiger partial charge in [0.25, 0.3) is 0 Å². The van der Waals surface area contributed by atoms with Crippen LogP contribution in [0.2, 0.25) is 0 Å². The van der Waals surface area contributed by atoms with Gasteiger partial charge in [-0.2, -0.15) is 0 Å². The molecule has 0 atom stereocenters. The molecule has 3 heterocycles. The molecule has 0 unspecified atom stereocenters. The summed E-state index contributed by atoms with van der Waals surface area (Å²) < 4.78 is 5.95. The van der Waals surface area contributed by atoms with Gasteiger partial charge in [0.1, 0.15) is 18.3 Å². The Balaban J connectivity index is 1.24. The molecule has 2 aliphatic heterocycles. The van der Waals surface area contributed by atoms with Gasteiger partial charge in [0.05, 0.1) is 18.8 Å². The highest BCUT2D eigenvalue weighted by atomic mass is 16.5. The average molecular weight is 367 g/mol. The predicted molar refractivity (Wildman–Crippen MR) is 109 cm³/mol. The summed E-state index contributed by atoms with van der Waals surface area (Å²) in [5.74, 6) is 2.14. The quantitative estimate of drug-likeness (QED) is 0.710. The van der Waals surface area contributed by atoms with Crippen molar-refractivity contribution in [2.45, 2.75) is 31.7 Å². The summed E-state index contributed by atoms with van der Waals surface area (Å²) in [5, 5.41) is 3.26. The number of nitrogens with two attached hydrogens (primary N) is 1. The fourth-order valence-electron chi connectivity index (χ4n) is 3.78. The number of fused-ring (bicyclic) bond motifs is 1. The lowest BCUT2D eigenvalue weighted by molar-refractivity contribution is 0.0619. The molecule has 27 heavy (non-hydrogen) atoms. The van der Waals surface area contributed by atoms with E-state index in [1.165, 1.54) is 11.1 Å². The summed E-state index contributed by atoms with van der Waals surface area (Å²) >= 11 is 0. The van der Waals surface area contributed by atoms with Crippen LogP contribution in [-0.4, -0.2) is 54.2 Å². The number of aromatic amines is 1. The van der Waals surface area contributed by atoms with Gasteiger partial charge in [-0.15, -0.1) is 0 Å². The Morgan fingerprint density at radius 3 is 2.74 bits per heavy atom. The van der Waals surface area contributed by atoms with Crippen LogP contribution in [0.4, 0.5) is 5.82 Å². The van der Waals surface area contributed by atoms with Gasteiger partial charge in [-0.1, -0.05) is 29.8 Å². The van der Waals surface area contributed by atoms with E-state index in [1.54, 1.807) is 0 Å². The number of nitrogens with zero attached hydrogens (tertiary/aromatic N) is 2. The number of amidine groups is 1.